The van der Waals surface area contributed by atoms with Gasteiger partial charge in [0.25, 0.3) is 15.9 Å². The summed E-state index contributed by atoms with van der Waals surface area (Å²) in [6, 6.07) is 18.4. The number of hydrogen-bond acceptors (Lipinski definition) is 6. The largest absolute Gasteiger partial charge is 0.497 e. The zero-order valence-corrected chi connectivity index (χ0v) is 20.5. The van der Waals surface area contributed by atoms with Gasteiger partial charge in [0, 0.05) is 22.2 Å². The molecule has 0 aliphatic rings. The Bertz CT molecular complexity index is 1450. The number of aryl methyl sites for hydroxylation is 2. The van der Waals surface area contributed by atoms with Crippen LogP contribution in [0.3, 0.4) is 0 Å². The average molecular weight is 494 g/mol. The van der Waals surface area contributed by atoms with Crippen molar-refractivity contribution in [3.8, 4) is 17.0 Å². The summed E-state index contributed by atoms with van der Waals surface area (Å²) in [5.41, 5.74) is 4.72. The first-order valence-corrected chi connectivity index (χ1v) is 12.7. The molecule has 0 atom stereocenters. The van der Waals surface area contributed by atoms with Crippen LogP contribution < -0.4 is 14.8 Å². The van der Waals surface area contributed by atoms with Crippen molar-refractivity contribution in [1.82, 2.24) is 4.98 Å². The lowest BCUT2D eigenvalue weighted by molar-refractivity contribution is 0.102. The molecule has 174 valence electrons. The number of carbonyl (C=O) groups excluding carboxylic acids is 1. The predicted molar refractivity (Wildman–Crippen MR) is 135 cm³/mol. The third-order valence-corrected chi connectivity index (χ3v) is 7.43. The number of nitrogens with zero attached hydrogens (tertiary/aromatic N) is 1. The number of ether oxygens (including phenoxy) is 1. The van der Waals surface area contributed by atoms with Gasteiger partial charge in [-0.2, -0.15) is 0 Å². The number of nitrogens with one attached hydrogen (secondary N) is 2. The quantitative estimate of drug-likeness (QED) is 0.355. The molecule has 7 nitrogen and oxygen atoms in total. The van der Waals surface area contributed by atoms with Crippen LogP contribution in [-0.4, -0.2) is 26.4 Å². The fourth-order valence-corrected chi connectivity index (χ4v) is 4.99. The van der Waals surface area contributed by atoms with Gasteiger partial charge in [0.2, 0.25) is 0 Å². The molecular weight excluding hydrogens is 470 g/mol. The first kappa shape index (κ1) is 23.5. The van der Waals surface area contributed by atoms with Gasteiger partial charge in [0.1, 0.15) is 5.75 Å². The highest BCUT2D eigenvalue weighted by Crippen LogP contribution is 2.27. The Hall–Kier alpha value is -3.69. The van der Waals surface area contributed by atoms with E-state index in [1.165, 1.54) is 47.8 Å². The lowest BCUT2D eigenvalue weighted by atomic mass is 10.1. The van der Waals surface area contributed by atoms with Crippen LogP contribution in [-0.2, 0) is 10.0 Å². The van der Waals surface area contributed by atoms with Crippen LogP contribution in [0.1, 0.15) is 21.5 Å². The topological polar surface area (TPSA) is 97.4 Å². The Kier molecular flexibility index (Phi) is 6.67. The first-order chi connectivity index (χ1) is 16.2. The fraction of sp³-hybridized carbons (Fsp3) is 0.120. The standard InChI is InChI=1S/C25H23N3O4S2/c1-16-7-8-18(13-17(16)2)23-15-33-25(26-23)27-24(29)19-5-4-6-20(14-19)28-34(30,31)22-11-9-21(32-3)10-12-22/h4-15,28H,1-3H3,(H,26,27,29). The van der Waals surface area contributed by atoms with Crippen molar-refractivity contribution in [1.29, 1.82) is 0 Å². The Labute approximate surface area is 202 Å². The molecule has 3 aromatic carbocycles. The highest BCUT2D eigenvalue weighted by Gasteiger charge is 2.16. The minimum absolute atomic E-state index is 0.0878. The van der Waals surface area contributed by atoms with E-state index >= 15 is 0 Å². The number of thiazole rings is 1. The summed E-state index contributed by atoms with van der Waals surface area (Å²) < 4.78 is 33.0. The predicted octanol–water partition coefficient (Wildman–Crippen LogP) is 5.49. The van der Waals surface area contributed by atoms with Crippen molar-refractivity contribution in [2.75, 3.05) is 17.1 Å². The average Bonchev–Trinajstić information content (AvgIpc) is 3.29. The van der Waals surface area contributed by atoms with Gasteiger partial charge in [-0.25, -0.2) is 13.4 Å². The maximum Gasteiger partial charge on any atom is 0.261 e. The third-order valence-electron chi connectivity index (χ3n) is 5.27. The number of aromatic nitrogens is 1. The van der Waals surface area contributed by atoms with Gasteiger partial charge in [-0.05, 0) is 73.5 Å². The van der Waals surface area contributed by atoms with Gasteiger partial charge in [0.05, 0.1) is 17.7 Å². The zero-order chi connectivity index (χ0) is 24.3. The summed E-state index contributed by atoms with van der Waals surface area (Å²) in [7, 11) is -2.31. The zero-order valence-electron chi connectivity index (χ0n) is 18.8. The van der Waals surface area contributed by atoms with E-state index in [2.05, 4.69) is 28.0 Å². The van der Waals surface area contributed by atoms with E-state index in [-0.39, 0.29) is 16.5 Å². The number of methoxy groups -OCH3 is 1. The van der Waals surface area contributed by atoms with Crippen LogP contribution >= 0.6 is 11.3 Å². The van der Waals surface area contributed by atoms with Crippen molar-refractivity contribution in [3.63, 3.8) is 0 Å². The molecular formula is C25H23N3O4S2. The minimum atomic E-state index is -3.82. The van der Waals surface area contributed by atoms with E-state index in [0.29, 0.717) is 16.4 Å². The van der Waals surface area contributed by atoms with Crippen molar-refractivity contribution in [3.05, 3.63) is 88.8 Å². The SMILES string of the molecule is COc1ccc(S(=O)(=O)Nc2cccc(C(=O)Nc3nc(-c4ccc(C)c(C)c4)cs3)c2)cc1. The smallest absolute Gasteiger partial charge is 0.261 e. The van der Waals surface area contributed by atoms with Gasteiger partial charge < -0.3 is 4.74 Å². The Morgan fingerprint density at radius 3 is 2.44 bits per heavy atom. The van der Waals surface area contributed by atoms with E-state index in [9.17, 15) is 13.2 Å². The van der Waals surface area contributed by atoms with Crippen LogP contribution in [0.15, 0.2) is 77.0 Å². The first-order valence-electron chi connectivity index (χ1n) is 10.4. The normalized spacial score (nSPS) is 11.1. The van der Waals surface area contributed by atoms with E-state index in [0.717, 1.165) is 11.3 Å². The van der Waals surface area contributed by atoms with Crippen LogP contribution in [0.2, 0.25) is 0 Å². The summed E-state index contributed by atoms with van der Waals surface area (Å²) in [6.45, 7) is 4.10. The molecule has 0 spiro atoms. The van der Waals surface area contributed by atoms with Gasteiger partial charge in [-0.1, -0.05) is 18.2 Å². The minimum Gasteiger partial charge on any atom is -0.497 e. The molecule has 0 aliphatic carbocycles. The summed E-state index contributed by atoms with van der Waals surface area (Å²) in [4.78, 5) is 17.4. The molecule has 1 amide bonds. The second-order valence-corrected chi connectivity index (χ2v) is 10.2. The third kappa shape index (κ3) is 5.27. The van der Waals surface area contributed by atoms with Crippen LogP contribution in [0.25, 0.3) is 11.3 Å². The molecule has 9 heteroatoms. The number of sulfonamides is 1. The van der Waals surface area contributed by atoms with Gasteiger partial charge >= 0.3 is 0 Å². The molecule has 0 saturated heterocycles. The molecule has 1 heterocycles. The number of carbonyl (C=O) groups is 1. The molecule has 0 radical (unpaired) electrons. The van der Waals surface area contributed by atoms with Crippen LogP contribution in [0, 0.1) is 13.8 Å². The van der Waals surface area contributed by atoms with Gasteiger partial charge in [-0.3, -0.25) is 14.8 Å². The van der Waals surface area contributed by atoms with Crippen molar-refractivity contribution in [2.45, 2.75) is 18.7 Å². The molecule has 1 aromatic heterocycles. The number of rotatable bonds is 7. The molecule has 0 saturated carbocycles. The van der Waals surface area contributed by atoms with Crippen LogP contribution in [0.4, 0.5) is 10.8 Å². The number of anilines is 2. The molecule has 4 rings (SSSR count). The maximum absolute atomic E-state index is 12.8. The molecule has 4 aromatic rings. The molecule has 0 bridgehead atoms. The summed E-state index contributed by atoms with van der Waals surface area (Å²) >= 11 is 1.33. The van der Waals surface area contributed by atoms with Crippen molar-refractivity contribution >= 4 is 38.1 Å². The molecule has 0 fully saturated rings. The highest BCUT2D eigenvalue weighted by molar-refractivity contribution is 7.92. The second kappa shape index (κ2) is 9.66. The number of benzene rings is 3. The van der Waals surface area contributed by atoms with E-state index < -0.39 is 10.0 Å². The van der Waals surface area contributed by atoms with Crippen LogP contribution in [0.5, 0.6) is 5.75 Å². The highest BCUT2D eigenvalue weighted by atomic mass is 32.2. The Balaban J connectivity index is 1.47. The fourth-order valence-electron chi connectivity index (χ4n) is 3.23. The van der Waals surface area contributed by atoms with E-state index in [1.807, 2.05) is 24.4 Å². The lowest BCUT2D eigenvalue weighted by Crippen LogP contribution is -2.15. The molecule has 0 unspecified atom stereocenters. The van der Waals surface area contributed by atoms with Gasteiger partial charge in [-0.15, -0.1) is 11.3 Å². The monoisotopic (exact) mass is 493 g/mol. The summed E-state index contributed by atoms with van der Waals surface area (Å²) in [5.74, 6) is 0.173. The maximum atomic E-state index is 12.8. The lowest BCUT2D eigenvalue weighted by Gasteiger charge is -2.10. The van der Waals surface area contributed by atoms with Crippen molar-refractivity contribution < 1.29 is 17.9 Å². The second-order valence-electron chi connectivity index (χ2n) is 7.65. The number of amides is 1. The molecule has 34 heavy (non-hydrogen) atoms. The Morgan fingerprint density at radius 2 is 1.74 bits per heavy atom. The van der Waals surface area contributed by atoms with Gasteiger partial charge in [0.15, 0.2) is 5.13 Å². The number of hydrogen-bond donors (Lipinski definition) is 2. The van der Waals surface area contributed by atoms with E-state index in [1.54, 1.807) is 30.3 Å². The van der Waals surface area contributed by atoms with Crippen molar-refractivity contribution in [2.24, 2.45) is 0 Å². The summed E-state index contributed by atoms with van der Waals surface area (Å²) in [6.07, 6.45) is 0. The van der Waals surface area contributed by atoms with E-state index in [4.69, 9.17) is 4.74 Å². The Morgan fingerprint density at radius 1 is 0.971 bits per heavy atom. The summed E-state index contributed by atoms with van der Waals surface area (Å²) in [5, 5.41) is 5.13. The molecule has 2 N–H and O–H groups in total. The molecule has 0 aliphatic heterocycles.